The van der Waals surface area contributed by atoms with Crippen LogP contribution in [0.15, 0.2) is 30.5 Å². The largest absolute Gasteiger partial charge is 0.453 e. The molecule has 11 heteroatoms. The number of methoxy groups -OCH3 is 2. The number of nitrogens with one attached hydrogen (secondary N) is 1. The van der Waals surface area contributed by atoms with E-state index in [1.807, 2.05) is 19.1 Å². The lowest BCUT2D eigenvalue weighted by Gasteiger charge is -2.32. The van der Waals surface area contributed by atoms with Crippen molar-refractivity contribution in [2.45, 2.75) is 32.4 Å². The molecule has 0 spiro atoms. The first-order valence-electron chi connectivity index (χ1n) is 11.9. The summed E-state index contributed by atoms with van der Waals surface area (Å²) in [5, 5.41) is 2.65. The maximum absolute atomic E-state index is 15.4. The molecule has 1 N–H and O–H groups in total. The molecule has 3 heterocycles. The number of hydrogen-bond acceptors (Lipinski definition) is 6. The molecule has 1 saturated heterocycles. The van der Waals surface area contributed by atoms with Crippen LogP contribution < -0.4 is 5.32 Å². The van der Waals surface area contributed by atoms with E-state index in [4.69, 9.17) is 14.2 Å². The molecule has 0 radical (unpaired) electrons. The van der Waals surface area contributed by atoms with Gasteiger partial charge in [0, 0.05) is 37.9 Å². The highest BCUT2D eigenvalue weighted by Crippen LogP contribution is 2.32. The number of ether oxygens (including phenoxy) is 3. The second-order valence-corrected chi connectivity index (χ2v) is 9.10. The van der Waals surface area contributed by atoms with Gasteiger partial charge >= 0.3 is 6.09 Å². The zero-order chi connectivity index (χ0) is 26.7. The van der Waals surface area contributed by atoms with Crippen molar-refractivity contribution in [1.82, 2.24) is 19.6 Å². The van der Waals surface area contributed by atoms with Gasteiger partial charge in [0.25, 0.3) is 5.91 Å². The number of hydrogen-bond donors (Lipinski definition) is 1. The molecule has 37 heavy (non-hydrogen) atoms. The lowest BCUT2D eigenvalue weighted by atomic mass is 10.0. The molecule has 0 bridgehead atoms. The predicted octanol–water partition coefficient (Wildman–Crippen LogP) is 3.36. The first-order valence-corrected chi connectivity index (χ1v) is 11.9. The first-order chi connectivity index (χ1) is 17.7. The van der Waals surface area contributed by atoms with Crippen LogP contribution >= 0.6 is 0 Å². The summed E-state index contributed by atoms with van der Waals surface area (Å²) in [5.74, 6) is -2.43. The lowest BCUT2D eigenvalue weighted by Crippen LogP contribution is -2.46. The van der Waals surface area contributed by atoms with Gasteiger partial charge in [0.1, 0.15) is 17.3 Å². The maximum Gasteiger partial charge on any atom is 0.409 e. The first kappa shape index (κ1) is 26.5. The van der Waals surface area contributed by atoms with E-state index in [9.17, 15) is 9.59 Å². The van der Waals surface area contributed by atoms with Crippen LogP contribution in [-0.2, 0) is 20.6 Å². The Hall–Kier alpha value is -3.57. The third kappa shape index (κ3) is 5.72. The van der Waals surface area contributed by atoms with Crippen LogP contribution in [0.2, 0.25) is 0 Å². The van der Waals surface area contributed by atoms with E-state index in [1.165, 1.54) is 19.1 Å². The minimum atomic E-state index is -0.910. The molecule has 0 saturated carbocycles. The number of morpholine rings is 1. The van der Waals surface area contributed by atoms with Crippen LogP contribution in [0.4, 0.5) is 13.6 Å². The number of rotatable bonds is 7. The summed E-state index contributed by atoms with van der Waals surface area (Å²) in [4.78, 5) is 30.6. The van der Waals surface area contributed by atoms with E-state index >= 15 is 8.78 Å². The van der Waals surface area contributed by atoms with Crippen LogP contribution in [0.5, 0.6) is 0 Å². The number of nitrogens with zero attached hydrogens (tertiary/aromatic N) is 3. The molecule has 2 atom stereocenters. The second kappa shape index (κ2) is 11.2. The number of aromatic nitrogens is 2. The van der Waals surface area contributed by atoms with Gasteiger partial charge < -0.3 is 28.8 Å². The summed E-state index contributed by atoms with van der Waals surface area (Å²) in [6, 6.07) is 5.34. The molecule has 1 aromatic carbocycles. The van der Waals surface area contributed by atoms with Crippen molar-refractivity contribution in [3.8, 4) is 11.3 Å². The highest BCUT2D eigenvalue weighted by molar-refractivity contribution is 5.95. The molecule has 1 aliphatic rings. The van der Waals surface area contributed by atoms with Crippen LogP contribution in [0.3, 0.4) is 0 Å². The van der Waals surface area contributed by atoms with Crippen LogP contribution in [0.1, 0.15) is 28.5 Å². The van der Waals surface area contributed by atoms with Crippen LogP contribution in [0.25, 0.3) is 16.9 Å². The Morgan fingerprint density at radius 2 is 1.97 bits per heavy atom. The average molecular weight is 517 g/mol. The minimum Gasteiger partial charge on any atom is -0.453 e. The number of pyridine rings is 1. The highest BCUT2D eigenvalue weighted by atomic mass is 19.1. The minimum absolute atomic E-state index is 0.110. The Morgan fingerprint density at radius 1 is 1.24 bits per heavy atom. The number of carbonyl (C=O) groups excluding carboxylic acids is 2. The normalized spacial score (nSPS) is 16.6. The van der Waals surface area contributed by atoms with E-state index < -0.39 is 29.7 Å². The third-order valence-corrected chi connectivity index (χ3v) is 6.21. The van der Waals surface area contributed by atoms with Gasteiger partial charge in [0.15, 0.2) is 0 Å². The molecule has 2 amide bonds. The Kier molecular flexibility index (Phi) is 8.03. The summed E-state index contributed by atoms with van der Waals surface area (Å²) in [7, 11) is 2.81. The fraction of sp³-hybridized carbons (Fsp3) is 0.423. The lowest BCUT2D eigenvalue weighted by molar-refractivity contribution is -0.0241. The Labute approximate surface area is 213 Å². The Morgan fingerprint density at radius 3 is 2.65 bits per heavy atom. The topological polar surface area (TPSA) is 94.4 Å². The summed E-state index contributed by atoms with van der Waals surface area (Å²) in [5.41, 5.74) is 1.60. The van der Waals surface area contributed by atoms with Crippen molar-refractivity contribution in [1.29, 1.82) is 0 Å². The number of carbonyl (C=O) groups is 2. The van der Waals surface area contributed by atoms with Crippen molar-refractivity contribution in [3.63, 3.8) is 0 Å². The van der Waals surface area contributed by atoms with E-state index in [0.717, 1.165) is 17.7 Å². The number of amides is 2. The quantitative estimate of drug-likeness (QED) is 0.518. The van der Waals surface area contributed by atoms with E-state index in [2.05, 4.69) is 10.3 Å². The van der Waals surface area contributed by atoms with Gasteiger partial charge in [-0.25, -0.2) is 18.6 Å². The molecule has 1 fully saturated rings. The highest BCUT2D eigenvalue weighted by Gasteiger charge is 2.29. The molecule has 1 unspecified atom stereocenters. The Bertz CT molecular complexity index is 1290. The van der Waals surface area contributed by atoms with Crippen LogP contribution in [-0.4, -0.2) is 79.0 Å². The number of imidazole rings is 1. The van der Waals surface area contributed by atoms with Gasteiger partial charge in [0.05, 0.1) is 49.9 Å². The smallest absolute Gasteiger partial charge is 0.409 e. The van der Waals surface area contributed by atoms with Crippen LogP contribution in [0, 0.1) is 18.6 Å². The fourth-order valence-electron chi connectivity index (χ4n) is 4.48. The molecule has 3 aromatic rings. The Balaban J connectivity index is 1.72. The van der Waals surface area contributed by atoms with Gasteiger partial charge in [-0.1, -0.05) is 0 Å². The molecule has 198 valence electrons. The molecule has 9 nitrogen and oxygen atoms in total. The van der Waals surface area contributed by atoms with Gasteiger partial charge in [-0.05, 0) is 43.7 Å². The molecular weight excluding hydrogens is 486 g/mol. The summed E-state index contributed by atoms with van der Waals surface area (Å²) in [6.07, 6.45) is 1.12. The number of halogens is 2. The van der Waals surface area contributed by atoms with Crippen molar-refractivity contribution in [2.75, 3.05) is 40.5 Å². The second-order valence-electron chi connectivity index (χ2n) is 9.10. The van der Waals surface area contributed by atoms with Gasteiger partial charge in [-0.2, -0.15) is 0 Å². The molecular formula is C26H30F2N4O5. The third-order valence-electron chi connectivity index (χ3n) is 6.21. The monoisotopic (exact) mass is 516 g/mol. The van der Waals surface area contributed by atoms with E-state index in [-0.39, 0.29) is 42.4 Å². The molecule has 0 aliphatic carbocycles. The SMILES string of the molecule is COCC(C)NC(=O)c1cc(F)c(-c2nc3cc(C)ccn3c2C[C@H]2CN(C(=O)OC)CCO2)c(F)c1. The summed E-state index contributed by atoms with van der Waals surface area (Å²) < 4.78 is 48.3. The number of benzene rings is 1. The maximum atomic E-state index is 15.4. The summed E-state index contributed by atoms with van der Waals surface area (Å²) in [6.45, 7) is 4.83. The zero-order valence-corrected chi connectivity index (χ0v) is 21.2. The van der Waals surface area contributed by atoms with Gasteiger partial charge in [-0.15, -0.1) is 0 Å². The van der Waals surface area contributed by atoms with Gasteiger partial charge in [0.2, 0.25) is 0 Å². The molecule has 4 rings (SSSR count). The van der Waals surface area contributed by atoms with Gasteiger partial charge in [-0.3, -0.25) is 4.79 Å². The van der Waals surface area contributed by atoms with E-state index in [0.29, 0.717) is 24.5 Å². The summed E-state index contributed by atoms with van der Waals surface area (Å²) >= 11 is 0. The molecule has 2 aromatic heterocycles. The zero-order valence-electron chi connectivity index (χ0n) is 21.2. The van der Waals surface area contributed by atoms with Crippen molar-refractivity contribution in [2.24, 2.45) is 0 Å². The number of aryl methyl sites for hydroxylation is 1. The van der Waals surface area contributed by atoms with Crippen molar-refractivity contribution >= 4 is 17.6 Å². The molecule has 1 aliphatic heterocycles. The fourth-order valence-corrected chi connectivity index (χ4v) is 4.48. The van der Waals surface area contributed by atoms with Crippen molar-refractivity contribution in [3.05, 3.63) is 58.9 Å². The average Bonchev–Trinajstić information content (AvgIpc) is 3.19. The van der Waals surface area contributed by atoms with Crippen molar-refractivity contribution < 1.29 is 32.6 Å². The standard InChI is InChI=1S/C26H30F2N4O5/c1-15-5-6-32-21(12-18-13-31(7-8-37-18)26(34)36-4)24(30-22(32)9-15)23-19(27)10-17(11-20(23)28)25(33)29-16(2)14-35-3/h5-6,9-11,16,18H,7-8,12-14H2,1-4H3,(H,29,33)/t16?,18-/m0/s1. The van der Waals surface area contributed by atoms with E-state index in [1.54, 1.807) is 17.5 Å². The number of fused-ring (bicyclic) bond motifs is 1. The predicted molar refractivity (Wildman–Crippen MR) is 132 cm³/mol.